The van der Waals surface area contributed by atoms with Crippen molar-refractivity contribution >= 4 is 11.0 Å². The highest BCUT2D eigenvalue weighted by Gasteiger charge is 2.48. The Balaban J connectivity index is 1.09. The van der Waals surface area contributed by atoms with Crippen molar-refractivity contribution < 1.29 is 4.74 Å². The molecule has 1 atom stereocenters. The summed E-state index contributed by atoms with van der Waals surface area (Å²) in [5, 5.41) is 4.56. The molecular weight excluding hydrogens is 386 g/mol. The summed E-state index contributed by atoms with van der Waals surface area (Å²) in [5.41, 5.74) is 2.75. The first kappa shape index (κ1) is 19.2. The highest BCUT2D eigenvalue weighted by Crippen LogP contribution is 2.51. The summed E-state index contributed by atoms with van der Waals surface area (Å²) in [7, 11) is 0. The smallest absolute Gasteiger partial charge is 0.146 e. The van der Waals surface area contributed by atoms with Crippen molar-refractivity contribution in [3.63, 3.8) is 0 Å². The summed E-state index contributed by atoms with van der Waals surface area (Å²) >= 11 is 0. The normalized spacial score (nSPS) is 26.5. The van der Waals surface area contributed by atoms with E-state index in [0.29, 0.717) is 5.41 Å². The lowest BCUT2D eigenvalue weighted by atomic mass is 9.60. The Morgan fingerprint density at radius 3 is 2.74 bits per heavy atom. The van der Waals surface area contributed by atoms with Gasteiger partial charge >= 0.3 is 0 Å². The Morgan fingerprint density at radius 2 is 1.94 bits per heavy atom. The van der Waals surface area contributed by atoms with Gasteiger partial charge in [-0.15, -0.1) is 0 Å². The van der Waals surface area contributed by atoms with Gasteiger partial charge in [0.1, 0.15) is 17.2 Å². The molecule has 4 aliphatic rings. The molecule has 3 fully saturated rings. The minimum Gasteiger partial charge on any atom is -0.458 e. The average Bonchev–Trinajstić information content (AvgIpc) is 3.45. The quantitative estimate of drug-likeness (QED) is 0.785. The van der Waals surface area contributed by atoms with Crippen LogP contribution in [0.1, 0.15) is 45.4 Å². The lowest BCUT2D eigenvalue weighted by Gasteiger charge is -2.55. The van der Waals surface area contributed by atoms with E-state index in [1.807, 2.05) is 18.3 Å². The van der Waals surface area contributed by atoms with Crippen molar-refractivity contribution in [2.45, 2.75) is 57.5 Å². The van der Waals surface area contributed by atoms with Crippen molar-refractivity contribution in [1.82, 2.24) is 25.1 Å². The van der Waals surface area contributed by atoms with E-state index >= 15 is 0 Å². The number of hydrogen-bond donors (Lipinski definition) is 2. The van der Waals surface area contributed by atoms with Crippen LogP contribution in [0.5, 0.6) is 5.75 Å². The second kappa shape index (κ2) is 7.59. The molecule has 0 aromatic carbocycles. The lowest BCUT2D eigenvalue weighted by Crippen LogP contribution is -2.54. The van der Waals surface area contributed by atoms with Gasteiger partial charge in [0.2, 0.25) is 0 Å². The maximum absolute atomic E-state index is 6.26. The van der Waals surface area contributed by atoms with E-state index in [1.54, 1.807) is 6.20 Å². The van der Waals surface area contributed by atoms with Crippen molar-refractivity contribution in [2.24, 2.45) is 5.41 Å². The van der Waals surface area contributed by atoms with Crippen molar-refractivity contribution in [3.05, 3.63) is 48.3 Å². The molecule has 3 aliphatic heterocycles. The molecule has 2 aromatic rings. The zero-order chi connectivity index (χ0) is 20.8. The largest absolute Gasteiger partial charge is 0.458 e. The lowest BCUT2D eigenvalue weighted by molar-refractivity contribution is -0.0293. The van der Waals surface area contributed by atoms with E-state index in [0.717, 1.165) is 41.7 Å². The third kappa shape index (κ3) is 3.61. The predicted molar refractivity (Wildman–Crippen MR) is 123 cm³/mol. The first-order valence-corrected chi connectivity index (χ1v) is 12.0. The van der Waals surface area contributed by atoms with E-state index in [9.17, 15) is 0 Å². The standard InChI is InChI=1S/C25H33N5O/c1-18-23(31-22-12-19-4-7-26-24(19)28-17-22)13-20(16-27-18)30-10-5-25(6-11-30)14-21(15-25)29-8-2-3-9-29/h4,7,12-13,16-18,21,27H,2-3,5-6,8-11,14-15H2,1H3,(H,26,28). The number of H-pyrrole nitrogens is 1. The number of nitrogens with zero attached hydrogens (tertiary/aromatic N) is 3. The zero-order valence-electron chi connectivity index (χ0n) is 18.4. The molecule has 2 aromatic heterocycles. The number of rotatable bonds is 4. The zero-order valence-corrected chi connectivity index (χ0v) is 18.4. The van der Waals surface area contributed by atoms with Gasteiger partial charge in [-0.05, 0) is 76.1 Å². The van der Waals surface area contributed by atoms with Gasteiger partial charge in [0.05, 0.1) is 17.9 Å². The van der Waals surface area contributed by atoms with Gasteiger partial charge < -0.3 is 24.8 Å². The van der Waals surface area contributed by atoms with Crippen LogP contribution in [-0.4, -0.2) is 58.0 Å². The molecule has 6 heteroatoms. The molecule has 0 amide bonds. The Labute approximate surface area is 184 Å². The molecule has 2 saturated heterocycles. The number of likely N-dealkylation sites (tertiary alicyclic amines) is 2. The molecule has 164 valence electrons. The highest BCUT2D eigenvalue weighted by atomic mass is 16.5. The van der Waals surface area contributed by atoms with Crippen LogP contribution in [0.2, 0.25) is 0 Å². The van der Waals surface area contributed by atoms with E-state index in [2.05, 4.69) is 44.3 Å². The SMILES string of the molecule is CC1NC=C(N2CCC3(CC2)CC(N2CCCC2)C3)C=C1Oc1cnc2[nH]ccc2c1. The Bertz CT molecular complexity index is 1000. The molecular formula is C25H33N5O. The minimum atomic E-state index is 0.148. The molecule has 1 unspecified atom stereocenters. The fourth-order valence-electron chi connectivity index (χ4n) is 5.97. The van der Waals surface area contributed by atoms with Crippen LogP contribution in [0.4, 0.5) is 0 Å². The summed E-state index contributed by atoms with van der Waals surface area (Å²) in [6, 6.07) is 5.09. The molecule has 0 bridgehead atoms. The third-order valence-corrected chi connectivity index (χ3v) is 7.99. The first-order valence-electron chi connectivity index (χ1n) is 12.0. The predicted octanol–water partition coefficient (Wildman–Crippen LogP) is 4.00. The number of aromatic nitrogens is 2. The summed E-state index contributed by atoms with van der Waals surface area (Å²) in [6.45, 7) is 7.11. The van der Waals surface area contributed by atoms with Gasteiger partial charge in [0, 0.05) is 43.0 Å². The highest BCUT2D eigenvalue weighted by molar-refractivity contribution is 5.76. The summed E-state index contributed by atoms with van der Waals surface area (Å²) in [4.78, 5) is 12.9. The van der Waals surface area contributed by atoms with Gasteiger partial charge in [0.15, 0.2) is 0 Å². The van der Waals surface area contributed by atoms with Gasteiger partial charge in [-0.1, -0.05) is 0 Å². The molecule has 6 rings (SSSR count). The van der Waals surface area contributed by atoms with E-state index in [1.165, 1.54) is 57.3 Å². The molecule has 1 aliphatic carbocycles. The van der Waals surface area contributed by atoms with E-state index in [-0.39, 0.29) is 6.04 Å². The number of nitrogens with one attached hydrogen (secondary N) is 2. The Kier molecular flexibility index (Phi) is 4.71. The molecule has 2 N–H and O–H groups in total. The van der Waals surface area contributed by atoms with Crippen LogP contribution in [0.3, 0.4) is 0 Å². The molecule has 0 radical (unpaired) electrons. The van der Waals surface area contributed by atoms with E-state index in [4.69, 9.17) is 4.74 Å². The van der Waals surface area contributed by atoms with E-state index < -0.39 is 0 Å². The second-order valence-electron chi connectivity index (χ2n) is 9.99. The third-order valence-electron chi connectivity index (χ3n) is 7.99. The van der Waals surface area contributed by atoms with Gasteiger partial charge in [-0.3, -0.25) is 0 Å². The van der Waals surface area contributed by atoms with Gasteiger partial charge in [-0.2, -0.15) is 0 Å². The number of ether oxygens (including phenoxy) is 1. The van der Waals surface area contributed by atoms with Crippen molar-refractivity contribution in [2.75, 3.05) is 26.2 Å². The topological polar surface area (TPSA) is 56.4 Å². The van der Waals surface area contributed by atoms with Crippen LogP contribution in [0.15, 0.2) is 48.3 Å². The summed E-state index contributed by atoms with van der Waals surface area (Å²) in [6.07, 6.45) is 16.4. The van der Waals surface area contributed by atoms with Crippen LogP contribution in [0, 0.1) is 5.41 Å². The maximum Gasteiger partial charge on any atom is 0.146 e. The second-order valence-corrected chi connectivity index (χ2v) is 9.99. The molecule has 1 spiro atoms. The van der Waals surface area contributed by atoms with Gasteiger partial charge in [-0.25, -0.2) is 4.98 Å². The van der Waals surface area contributed by atoms with Crippen molar-refractivity contribution in [1.29, 1.82) is 0 Å². The fraction of sp³-hybridized carbons (Fsp3) is 0.560. The Morgan fingerprint density at radius 1 is 1.13 bits per heavy atom. The van der Waals surface area contributed by atoms with Crippen LogP contribution < -0.4 is 10.1 Å². The molecule has 1 saturated carbocycles. The monoisotopic (exact) mass is 419 g/mol. The minimum absolute atomic E-state index is 0.148. The summed E-state index contributed by atoms with van der Waals surface area (Å²) < 4.78 is 6.26. The number of pyridine rings is 1. The van der Waals surface area contributed by atoms with Crippen LogP contribution in [-0.2, 0) is 0 Å². The number of fused-ring (bicyclic) bond motifs is 1. The molecule has 6 nitrogen and oxygen atoms in total. The molecule has 5 heterocycles. The summed E-state index contributed by atoms with van der Waals surface area (Å²) in [5.74, 6) is 1.74. The number of aromatic amines is 1. The first-order chi connectivity index (χ1) is 15.2. The molecule has 31 heavy (non-hydrogen) atoms. The maximum atomic E-state index is 6.26. The number of allylic oxidation sites excluding steroid dienone is 1. The van der Waals surface area contributed by atoms with Gasteiger partial charge in [0.25, 0.3) is 0 Å². The fourth-order valence-corrected chi connectivity index (χ4v) is 5.97. The Hall–Kier alpha value is -2.47. The van der Waals surface area contributed by atoms with Crippen molar-refractivity contribution in [3.8, 4) is 5.75 Å². The average molecular weight is 420 g/mol. The number of dihydropyridines is 1. The number of piperidine rings is 1. The van der Waals surface area contributed by atoms with Crippen LogP contribution >= 0.6 is 0 Å². The number of hydrogen-bond acceptors (Lipinski definition) is 5. The van der Waals surface area contributed by atoms with Crippen LogP contribution in [0.25, 0.3) is 11.0 Å².